The van der Waals surface area contributed by atoms with Gasteiger partial charge in [-0.15, -0.1) is 11.1 Å². The van der Waals surface area contributed by atoms with E-state index in [-0.39, 0.29) is 68.1 Å². The summed E-state index contributed by atoms with van der Waals surface area (Å²) in [6.07, 6.45) is 17.4. The Morgan fingerprint density at radius 1 is 0.278 bits per heavy atom. The third-order valence-electron chi connectivity index (χ3n) is 20.8. The van der Waals surface area contributed by atoms with Gasteiger partial charge < -0.3 is 24.8 Å². The van der Waals surface area contributed by atoms with Crippen LogP contribution in [0.4, 0.5) is 0 Å². The number of rotatable bonds is 4. The Morgan fingerprint density at radius 2 is 0.491 bits per heavy atom. The van der Waals surface area contributed by atoms with E-state index in [1.54, 1.807) is 0 Å². The normalized spacial score (nSPS) is 15.1. The average Bonchev–Trinajstić information content (AvgIpc) is 1.62. The summed E-state index contributed by atoms with van der Waals surface area (Å²) in [6.45, 7) is 72.1. The molecule has 0 fully saturated rings. The number of halogens is 2. The van der Waals surface area contributed by atoms with Crippen molar-refractivity contribution in [1.82, 2.24) is 0 Å². The first-order valence-corrected chi connectivity index (χ1v) is 41.6. The van der Waals surface area contributed by atoms with Gasteiger partial charge in [-0.05, 0) is 34.8 Å². The van der Waals surface area contributed by atoms with Gasteiger partial charge in [-0.1, -0.05) is 231 Å². The van der Waals surface area contributed by atoms with Crippen LogP contribution in [0.25, 0.3) is 22.3 Å². The number of hydrogen-bond acceptors (Lipinski definition) is 0. The molecule has 0 radical (unpaired) electrons. The first-order valence-electron chi connectivity index (χ1n) is 39.1. The van der Waals surface area contributed by atoms with Gasteiger partial charge in [0.05, 0.1) is 0 Å². The van der Waals surface area contributed by atoms with Crippen molar-refractivity contribution >= 4 is 6.41 Å². The van der Waals surface area contributed by atoms with E-state index in [1.807, 2.05) is 0 Å². The molecule has 8 aromatic carbocycles. The molecule has 4 heteroatoms. The second kappa shape index (κ2) is 36.3. The maximum Gasteiger partial charge on any atom is -0.0716 e. The van der Waals surface area contributed by atoms with Crippen molar-refractivity contribution in [3.8, 4) is 22.3 Å². The van der Waals surface area contributed by atoms with E-state index in [2.05, 4.69) is 428 Å². The Kier molecular flexibility index (Phi) is 31.4. The molecule has 4 aliphatic carbocycles. The summed E-state index contributed by atoms with van der Waals surface area (Å²) in [5.74, 6) is 1.04. The molecule has 0 aliphatic heterocycles. The zero-order valence-corrected chi connectivity index (χ0v) is 79.1. The van der Waals surface area contributed by atoms with E-state index < -0.39 is 0 Å². The van der Waals surface area contributed by atoms with Crippen LogP contribution in [0, 0.1) is 47.0 Å². The Balaban J connectivity index is 0.000000237. The molecule has 572 valence electrons. The molecular formula is C104H132Cl2Zr2-2. The van der Waals surface area contributed by atoms with E-state index in [4.69, 9.17) is 0 Å². The molecule has 4 aliphatic rings. The van der Waals surface area contributed by atoms with E-state index in [1.165, 1.54) is 177 Å². The molecule has 0 N–H and O–H groups in total. The number of fused-ring (bicyclic) bond motifs is 6. The number of allylic oxidation sites excluding steroid dienone is 8. The monoisotopic (exact) mass is 1630 g/mol. The van der Waals surface area contributed by atoms with Crippen LogP contribution >= 0.6 is 0 Å². The summed E-state index contributed by atoms with van der Waals surface area (Å²) >= 11 is 2.92. The molecule has 0 bridgehead atoms. The fourth-order valence-electron chi connectivity index (χ4n) is 13.0. The minimum absolute atomic E-state index is 0. The largest absolute Gasteiger partial charge is 1.00 e. The quantitative estimate of drug-likeness (QED) is 0.154. The van der Waals surface area contributed by atoms with Gasteiger partial charge in [0.1, 0.15) is 0 Å². The van der Waals surface area contributed by atoms with E-state index in [0.29, 0.717) is 22.7 Å². The number of benzene rings is 8. The van der Waals surface area contributed by atoms with Crippen LogP contribution in [0.5, 0.6) is 0 Å². The van der Waals surface area contributed by atoms with Crippen LogP contribution in [0.15, 0.2) is 193 Å². The Morgan fingerprint density at radius 3 is 0.676 bits per heavy atom. The van der Waals surface area contributed by atoms with Gasteiger partial charge in [-0.25, -0.2) is 12.2 Å². The molecular weight excluding hydrogens is 1500 g/mol. The zero-order valence-electron chi connectivity index (χ0n) is 72.6. The number of hydrogen-bond donors (Lipinski definition) is 0. The molecule has 0 spiro atoms. The van der Waals surface area contributed by atoms with E-state index >= 15 is 0 Å². The predicted octanol–water partition coefficient (Wildman–Crippen LogP) is 22.0. The molecule has 0 amide bonds. The van der Waals surface area contributed by atoms with E-state index in [0.717, 1.165) is 12.8 Å². The Hall–Kier alpha value is -5.19. The fourth-order valence-corrected chi connectivity index (χ4v) is 14.6. The van der Waals surface area contributed by atoms with Crippen LogP contribution in [0.3, 0.4) is 0 Å². The molecule has 0 heterocycles. The molecule has 2 unspecified atom stereocenters. The standard InChI is InChI=1S/2C21H25.2C21H26.2C10H15.2ClH.2Zr/c2*1-20(2,3)16-9-7-14-11-15-8-10-17(21(4,5)6)13-19(15)18(14)12-16;2*1-20(2,3)18-11-7-16(8-12-18)15-17-9-13-19(14-10-17)21(4,5)6;2*1-8-5-6-9(7-8)10(2,3)4;;;;/h2*7,9-10,12-13H,11H2,1-6H3;2*7-14H,1-6H3;2*6-8H,1-4H3;2*1H;;/q2*-1;;;2*-1;;;2*+2/p-2. The van der Waals surface area contributed by atoms with Crippen LogP contribution in [0.2, 0.25) is 0 Å². The summed E-state index contributed by atoms with van der Waals surface area (Å²) in [5, 5.41) is 0. The zero-order chi connectivity index (χ0) is 79.5. The van der Waals surface area contributed by atoms with Crippen molar-refractivity contribution in [2.75, 3.05) is 0 Å². The summed E-state index contributed by atoms with van der Waals surface area (Å²) in [4.78, 5) is 0. The van der Waals surface area contributed by atoms with Gasteiger partial charge in [0.25, 0.3) is 0 Å². The van der Waals surface area contributed by atoms with Gasteiger partial charge in [-0.3, -0.25) is 12.2 Å². The van der Waals surface area contributed by atoms with Gasteiger partial charge in [0, 0.05) is 0 Å². The third-order valence-corrected chi connectivity index (χ3v) is 23.6. The van der Waals surface area contributed by atoms with E-state index in [9.17, 15) is 0 Å². The minimum Gasteiger partial charge on any atom is -1.00 e. The first-order chi connectivity index (χ1) is 48.5. The molecule has 108 heavy (non-hydrogen) atoms. The molecule has 0 saturated carbocycles. The van der Waals surface area contributed by atoms with Gasteiger partial charge in [-0.2, -0.15) is 82.0 Å². The van der Waals surface area contributed by atoms with Crippen molar-refractivity contribution in [3.05, 3.63) is 306 Å². The molecule has 0 aromatic heterocycles. The molecule has 2 atom stereocenters. The van der Waals surface area contributed by atoms with Crippen molar-refractivity contribution in [3.63, 3.8) is 0 Å². The Bertz CT molecular complexity index is 3950. The molecule has 0 nitrogen and oxygen atoms in total. The Labute approximate surface area is 702 Å². The SMILES string of the molecule is CC(C)(C)c1c[c-]c2c(c1)-c1cc(C(C)(C)C)ccc1C2.CC(C)(C)c1c[c-]c2c(c1)-c1cc(C(C)(C)C)ccc1C2.CC(C)(C)c1ccc([C](=[Zr+2])c2ccc(C(C)(C)C)cc2)cc1.CC(C)(C)c1ccc([C](=[Zr+2])c2ccc(C(C)(C)C)cc2)cc1.CC1[C-]=CC(C(C)(C)C)=C1.CC1[C-]=CC(C(C)(C)C)=C1.[Cl-].[Cl-]. The first kappa shape index (κ1) is 93.4. The van der Waals surface area contributed by atoms with Gasteiger partial charge >= 0.3 is 301 Å². The maximum absolute atomic E-state index is 3.53. The van der Waals surface area contributed by atoms with Crippen LogP contribution in [0.1, 0.15) is 311 Å². The fraction of sp³-hybridized carbons (Fsp3) is 0.442. The van der Waals surface area contributed by atoms with Gasteiger partial charge in [0.15, 0.2) is 0 Å². The predicted molar refractivity (Wildman–Crippen MR) is 458 cm³/mol. The second-order valence-electron chi connectivity index (χ2n) is 40.7. The molecule has 0 saturated heterocycles. The van der Waals surface area contributed by atoms with Crippen molar-refractivity contribution in [2.45, 2.75) is 278 Å². The topological polar surface area (TPSA) is 0 Å². The average molecular weight is 1640 g/mol. The summed E-state index contributed by atoms with van der Waals surface area (Å²) in [7, 11) is 0. The second-order valence-corrected chi connectivity index (χ2v) is 43.1. The van der Waals surface area contributed by atoms with Crippen LogP contribution < -0.4 is 24.8 Å². The van der Waals surface area contributed by atoms with Crippen molar-refractivity contribution < 1.29 is 73.3 Å². The summed E-state index contributed by atoms with van der Waals surface area (Å²) in [6, 6.07) is 66.4. The van der Waals surface area contributed by atoms with Crippen LogP contribution in [-0.4, -0.2) is 6.41 Å². The molecule has 12 rings (SSSR count). The third kappa shape index (κ3) is 25.9. The molecule has 8 aromatic rings. The van der Waals surface area contributed by atoms with Crippen LogP contribution in [-0.2, 0) is 105 Å². The smallest absolute Gasteiger partial charge is 0.0716 e. The summed E-state index contributed by atoms with van der Waals surface area (Å²) < 4.78 is 2.85. The van der Waals surface area contributed by atoms with Gasteiger partial charge in [0.2, 0.25) is 0 Å². The maximum atomic E-state index is 3.53. The van der Waals surface area contributed by atoms with Crippen molar-refractivity contribution in [2.24, 2.45) is 22.7 Å². The summed E-state index contributed by atoms with van der Waals surface area (Å²) in [5.41, 5.74) is 32.8. The van der Waals surface area contributed by atoms with Crippen molar-refractivity contribution in [1.29, 1.82) is 0 Å². The minimum atomic E-state index is 0.